The first-order chi connectivity index (χ1) is 15.9. The zero-order valence-corrected chi connectivity index (χ0v) is 17.9. The van der Waals surface area contributed by atoms with Crippen molar-refractivity contribution >= 4 is 80.6 Å². The molecule has 0 aliphatic rings. The number of rotatable bonds is 0. The molecule has 0 N–H and O–H groups in total. The minimum atomic E-state index is 1.03. The Morgan fingerprint density at radius 2 is 1.38 bits per heavy atom. The van der Waals surface area contributed by atoms with E-state index in [2.05, 4.69) is 101 Å². The molecule has 0 fully saturated rings. The minimum Gasteiger partial charge on any atom is -0.292 e. The van der Waals surface area contributed by atoms with E-state index in [4.69, 9.17) is 4.98 Å². The molecular formula is C29H16N2S. The first-order valence-electron chi connectivity index (χ1n) is 10.8. The number of hydrogen-bond donors (Lipinski definition) is 0. The molecule has 5 aromatic carbocycles. The van der Waals surface area contributed by atoms with Gasteiger partial charge in [-0.3, -0.25) is 4.40 Å². The van der Waals surface area contributed by atoms with Gasteiger partial charge < -0.3 is 0 Å². The van der Waals surface area contributed by atoms with Crippen LogP contribution in [0.4, 0.5) is 0 Å². The second kappa shape index (κ2) is 5.84. The second-order valence-electron chi connectivity index (χ2n) is 8.43. The summed E-state index contributed by atoms with van der Waals surface area (Å²) >= 11 is 1.87. The van der Waals surface area contributed by atoms with E-state index >= 15 is 0 Å². The number of aromatic nitrogens is 2. The van der Waals surface area contributed by atoms with Crippen molar-refractivity contribution in [2.45, 2.75) is 0 Å². The molecule has 0 amide bonds. The fourth-order valence-corrected chi connectivity index (χ4v) is 6.46. The predicted molar refractivity (Wildman–Crippen MR) is 138 cm³/mol. The number of pyridine rings is 1. The Kier molecular flexibility index (Phi) is 3.05. The number of hydrogen-bond acceptors (Lipinski definition) is 2. The van der Waals surface area contributed by atoms with Crippen LogP contribution in [-0.4, -0.2) is 9.38 Å². The number of nitrogens with zero attached hydrogens (tertiary/aromatic N) is 2. The Morgan fingerprint density at radius 1 is 0.562 bits per heavy atom. The fraction of sp³-hybridized carbons (Fsp3) is 0. The molecule has 0 saturated heterocycles. The third-order valence-corrected chi connectivity index (χ3v) is 7.87. The van der Waals surface area contributed by atoms with E-state index in [0.717, 1.165) is 16.7 Å². The standard InChI is InChI=1S/C29H16N2S/c1-2-8-18-17(7-1)13-14-20-21-15-22-19-9-3-6-12-26(19)32-27(22)16-25(21)31-24-11-5-4-10-23(24)30-29(31)28(18)20/h1-16H. The molecular weight excluding hydrogens is 408 g/mol. The summed E-state index contributed by atoms with van der Waals surface area (Å²) in [6.07, 6.45) is 0. The Labute approximate surface area is 186 Å². The molecule has 8 rings (SSSR count). The van der Waals surface area contributed by atoms with Gasteiger partial charge in [0.1, 0.15) is 5.65 Å². The van der Waals surface area contributed by atoms with Crippen molar-refractivity contribution in [1.29, 1.82) is 0 Å². The van der Waals surface area contributed by atoms with Crippen LogP contribution >= 0.6 is 11.3 Å². The number of para-hydroxylation sites is 2. The van der Waals surface area contributed by atoms with Gasteiger partial charge in [-0.1, -0.05) is 66.7 Å². The number of fused-ring (bicyclic) bond motifs is 13. The quantitative estimate of drug-likeness (QED) is 0.224. The maximum Gasteiger partial charge on any atom is 0.147 e. The number of imidazole rings is 1. The van der Waals surface area contributed by atoms with Crippen LogP contribution in [0, 0.1) is 0 Å². The largest absolute Gasteiger partial charge is 0.292 e. The maximum atomic E-state index is 5.13. The van der Waals surface area contributed by atoms with Crippen molar-refractivity contribution in [1.82, 2.24) is 9.38 Å². The van der Waals surface area contributed by atoms with Crippen molar-refractivity contribution in [3.8, 4) is 0 Å². The topological polar surface area (TPSA) is 17.3 Å². The van der Waals surface area contributed by atoms with Gasteiger partial charge in [-0.25, -0.2) is 4.98 Å². The fourth-order valence-electron chi connectivity index (χ4n) is 5.34. The van der Waals surface area contributed by atoms with E-state index < -0.39 is 0 Å². The average Bonchev–Trinajstić information content (AvgIpc) is 3.41. The third kappa shape index (κ3) is 2.02. The van der Waals surface area contributed by atoms with Gasteiger partial charge >= 0.3 is 0 Å². The summed E-state index contributed by atoms with van der Waals surface area (Å²) in [6, 6.07) is 35.1. The van der Waals surface area contributed by atoms with Gasteiger partial charge in [0.15, 0.2) is 0 Å². The van der Waals surface area contributed by atoms with Gasteiger partial charge in [0.25, 0.3) is 0 Å². The Morgan fingerprint density at radius 3 is 2.34 bits per heavy atom. The van der Waals surface area contributed by atoms with Gasteiger partial charge in [0.05, 0.1) is 16.6 Å². The number of thiophene rings is 1. The van der Waals surface area contributed by atoms with Gasteiger partial charge in [-0.2, -0.15) is 0 Å². The highest BCUT2D eigenvalue weighted by Crippen LogP contribution is 2.41. The summed E-state index contributed by atoms with van der Waals surface area (Å²) in [6.45, 7) is 0. The van der Waals surface area contributed by atoms with Crippen LogP contribution < -0.4 is 0 Å². The van der Waals surface area contributed by atoms with Gasteiger partial charge in [-0.15, -0.1) is 11.3 Å². The van der Waals surface area contributed by atoms with Gasteiger partial charge in [0.2, 0.25) is 0 Å². The molecule has 32 heavy (non-hydrogen) atoms. The zero-order chi connectivity index (χ0) is 20.8. The highest BCUT2D eigenvalue weighted by Gasteiger charge is 2.17. The predicted octanol–water partition coefficient (Wildman–Crippen LogP) is 8.32. The lowest BCUT2D eigenvalue weighted by molar-refractivity contribution is 1.32. The Hall–Kier alpha value is -3.95. The van der Waals surface area contributed by atoms with Crippen LogP contribution in [0.3, 0.4) is 0 Å². The maximum absolute atomic E-state index is 5.13. The molecule has 3 aromatic heterocycles. The van der Waals surface area contributed by atoms with Crippen LogP contribution in [0.5, 0.6) is 0 Å². The normalized spacial score (nSPS) is 12.4. The summed E-state index contributed by atoms with van der Waals surface area (Å²) in [5, 5.41) is 8.93. The zero-order valence-electron chi connectivity index (χ0n) is 17.0. The molecule has 0 saturated carbocycles. The van der Waals surface area contributed by atoms with Crippen LogP contribution in [0.15, 0.2) is 97.1 Å². The van der Waals surface area contributed by atoms with E-state index in [1.54, 1.807) is 0 Å². The monoisotopic (exact) mass is 424 g/mol. The lowest BCUT2D eigenvalue weighted by Crippen LogP contribution is -1.92. The molecule has 3 heteroatoms. The van der Waals surface area contributed by atoms with Gasteiger partial charge in [-0.05, 0) is 46.5 Å². The Bertz CT molecular complexity index is 2040. The minimum absolute atomic E-state index is 1.03. The van der Waals surface area contributed by atoms with Crippen LogP contribution in [0.1, 0.15) is 0 Å². The van der Waals surface area contributed by atoms with E-state index in [-0.39, 0.29) is 0 Å². The first-order valence-corrected chi connectivity index (χ1v) is 11.6. The van der Waals surface area contributed by atoms with Gasteiger partial charge in [0, 0.05) is 30.9 Å². The van der Waals surface area contributed by atoms with E-state index in [1.807, 2.05) is 11.3 Å². The van der Waals surface area contributed by atoms with E-state index in [0.29, 0.717) is 0 Å². The lowest BCUT2D eigenvalue weighted by atomic mass is 9.98. The molecule has 0 aliphatic carbocycles. The first kappa shape index (κ1) is 16.7. The summed E-state index contributed by atoms with van der Waals surface area (Å²) in [7, 11) is 0. The van der Waals surface area contributed by atoms with Crippen molar-refractivity contribution in [3.05, 3.63) is 97.1 Å². The molecule has 0 radical (unpaired) electrons. The van der Waals surface area contributed by atoms with Crippen LogP contribution in [0.2, 0.25) is 0 Å². The van der Waals surface area contributed by atoms with Crippen LogP contribution in [-0.2, 0) is 0 Å². The molecule has 0 bridgehead atoms. The highest BCUT2D eigenvalue weighted by atomic mass is 32.1. The summed E-state index contributed by atoms with van der Waals surface area (Å²) in [5.74, 6) is 0. The smallest absolute Gasteiger partial charge is 0.147 e. The molecule has 148 valence electrons. The van der Waals surface area contributed by atoms with Crippen molar-refractivity contribution in [2.75, 3.05) is 0 Å². The SMILES string of the molecule is c1ccc2c(c1)ccc1c3cc4c(cc3n3c5ccccc5nc3c21)sc1ccccc14. The van der Waals surface area contributed by atoms with Crippen molar-refractivity contribution in [2.24, 2.45) is 0 Å². The molecule has 0 atom stereocenters. The summed E-state index contributed by atoms with van der Waals surface area (Å²) in [5.41, 5.74) is 4.44. The summed E-state index contributed by atoms with van der Waals surface area (Å²) in [4.78, 5) is 5.13. The van der Waals surface area contributed by atoms with E-state index in [1.165, 1.54) is 52.6 Å². The molecule has 0 spiro atoms. The molecule has 0 unspecified atom stereocenters. The summed E-state index contributed by atoms with van der Waals surface area (Å²) < 4.78 is 5.01. The molecule has 3 heterocycles. The molecule has 2 nitrogen and oxygen atoms in total. The second-order valence-corrected chi connectivity index (χ2v) is 9.52. The molecule has 8 aromatic rings. The van der Waals surface area contributed by atoms with E-state index in [9.17, 15) is 0 Å². The van der Waals surface area contributed by atoms with Crippen molar-refractivity contribution < 1.29 is 0 Å². The molecule has 0 aliphatic heterocycles. The van der Waals surface area contributed by atoms with Crippen molar-refractivity contribution in [3.63, 3.8) is 0 Å². The number of benzene rings is 5. The lowest BCUT2D eigenvalue weighted by Gasteiger charge is -2.12. The highest BCUT2D eigenvalue weighted by molar-refractivity contribution is 7.25. The Balaban J connectivity index is 1.75. The third-order valence-electron chi connectivity index (χ3n) is 6.74. The average molecular weight is 425 g/mol. The van der Waals surface area contributed by atoms with Crippen LogP contribution in [0.25, 0.3) is 69.3 Å².